The van der Waals surface area contributed by atoms with Crippen LogP contribution in [0.15, 0.2) is 47.5 Å². The van der Waals surface area contributed by atoms with E-state index in [-0.39, 0.29) is 11.4 Å². The Morgan fingerprint density at radius 1 is 1.16 bits per heavy atom. The zero-order valence-electron chi connectivity index (χ0n) is 18.8. The molecule has 2 aromatic carbocycles. The smallest absolute Gasteiger partial charge is 0.257 e. The summed E-state index contributed by atoms with van der Waals surface area (Å²) in [4.78, 5) is 16.9. The maximum atomic E-state index is 12.7. The molecule has 3 aliphatic rings. The van der Waals surface area contributed by atoms with Gasteiger partial charge < -0.3 is 21.3 Å². The van der Waals surface area contributed by atoms with E-state index >= 15 is 0 Å². The molecule has 1 amide bonds. The average Bonchev–Trinajstić information content (AvgIpc) is 3.47. The van der Waals surface area contributed by atoms with Gasteiger partial charge in [-0.3, -0.25) is 15.1 Å². The molecule has 32 heavy (non-hydrogen) atoms. The minimum absolute atomic E-state index is 0.00980. The summed E-state index contributed by atoms with van der Waals surface area (Å²) in [6, 6.07) is 15.1. The van der Waals surface area contributed by atoms with Crippen molar-refractivity contribution in [1.82, 2.24) is 21.3 Å². The van der Waals surface area contributed by atoms with Crippen LogP contribution in [0.4, 0.5) is 11.4 Å². The van der Waals surface area contributed by atoms with Crippen molar-refractivity contribution in [2.24, 2.45) is 4.99 Å². The van der Waals surface area contributed by atoms with Crippen LogP contribution >= 0.6 is 0 Å². The number of anilines is 2. The number of carbonyl (C=O) groups excluding carboxylic acids is 1. The molecule has 0 spiro atoms. The molecule has 0 radical (unpaired) electrons. The molecule has 2 fully saturated rings. The lowest BCUT2D eigenvalue weighted by molar-refractivity contribution is 0.0976. The molecular formula is C25H32N6O. The van der Waals surface area contributed by atoms with Gasteiger partial charge >= 0.3 is 0 Å². The lowest BCUT2D eigenvalue weighted by Gasteiger charge is -2.45. The number of hydrogen-bond acceptors (Lipinski definition) is 6. The van der Waals surface area contributed by atoms with Crippen molar-refractivity contribution in [1.29, 1.82) is 0 Å². The quantitative estimate of drug-likeness (QED) is 0.464. The number of aliphatic imine (C=N–C) groups is 1. The fourth-order valence-electron chi connectivity index (χ4n) is 4.58. The Bertz CT molecular complexity index is 1040. The summed E-state index contributed by atoms with van der Waals surface area (Å²) in [5.74, 6) is 0.962. The van der Waals surface area contributed by atoms with Gasteiger partial charge in [0.2, 0.25) is 0 Å². The van der Waals surface area contributed by atoms with Crippen LogP contribution in [-0.2, 0) is 5.54 Å². The predicted molar refractivity (Wildman–Crippen MR) is 129 cm³/mol. The number of hydrogen-bond donors (Lipinski definition) is 5. The fourth-order valence-corrected chi connectivity index (χ4v) is 4.58. The first kappa shape index (κ1) is 21.0. The van der Waals surface area contributed by atoms with E-state index in [9.17, 15) is 4.79 Å². The van der Waals surface area contributed by atoms with Crippen molar-refractivity contribution < 1.29 is 4.79 Å². The molecule has 0 aromatic heterocycles. The second kappa shape index (κ2) is 8.56. The number of amides is 1. The van der Waals surface area contributed by atoms with Crippen LogP contribution in [0.1, 0.15) is 54.1 Å². The fraction of sp³-hybridized carbons (Fsp3) is 0.440. The van der Waals surface area contributed by atoms with Gasteiger partial charge in [-0.1, -0.05) is 12.1 Å². The molecule has 1 saturated heterocycles. The van der Waals surface area contributed by atoms with Crippen molar-refractivity contribution in [2.45, 2.75) is 44.2 Å². The number of carbonyl (C=O) groups is 1. The van der Waals surface area contributed by atoms with E-state index in [4.69, 9.17) is 0 Å². The Morgan fingerprint density at radius 3 is 2.66 bits per heavy atom. The van der Waals surface area contributed by atoms with Gasteiger partial charge in [0.15, 0.2) is 5.96 Å². The van der Waals surface area contributed by atoms with Gasteiger partial charge in [-0.25, -0.2) is 0 Å². The summed E-state index contributed by atoms with van der Waals surface area (Å²) in [7, 11) is 0. The van der Waals surface area contributed by atoms with Crippen molar-refractivity contribution in [3.8, 4) is 0 Å². The van der Waals surface area contributed by atoms with Crippen molar-refractivity contribution >= 4 is 23.2 Å². The molecule has 168 valence electrons. The summed E-state index contributed by atoms with van der Waals surface area (Å²) in [5, 5.41) is 16.7. The lowest BCUT2D eigenvalue weighted by Crippen LogP contribution is -2.66. The molecule has 5 N–H and O–H groups in total. The highest BCUT2D eigenvalue weighted by Crippen LogP contribution is 2.44. The van der Waals surface area contributed by atoms with E-state index in [1.807, 2.05) is 18.2 Å². The minimum atomic E-state index is -0.118. The van der Waals surface area contributed by atoms with Crippen LogP contribution in [0, 0.1) is 0 Å². The summed E-state index contributed by atoms with van der Waals surface area (Å²) in [5.41, 5.74) is 5.32. The van der Waals surface area contributed by atoms with E-state index in [1.165, 1.54) is 24.0 Å². The predicted octanol–water partition coefficient (Wildman–Crippen LogP) is 2.79. The van der Waals surface area contributed by atoms with Crippen molar-refractivity contribution in [3.05, 3.63) is 59.2 Å². The van der Waals surface area contributed by atoms with Gasteiger partial charge in [-0.15, -0.1) is 0 Å². The van der Waals surface area contributed by atoms with E-state index in [1.54, 1.807) is 0 Å². The van der Waals surface area contributed by atoms with Crippen molar-refractivity contribution in [2.75, 3.05) is 31.5 Å². The number of benzene rings is 2. The second-order valence-corrected chi connectivity index (χ2v) is 9.38. The molecule has 2 aromatic rings. The molecule has 2 heterocycles. The van der Waals surface area contributed by atoms with Crippen LogP contribution in [0.25, 0.3) is 0 Å². The number of rotatable bonds is 7. The van der Waals surface area contributed by atoms with Gasteiger partial charge in [0.05, 0.1) is 12.1 Å². The number of nitrogens with one attached hydrogen (secondary N) is 5. The highest BCUT2D eigenvalue weighted by molar-refractivity contribution is 6.06. The molecule has 0 bridgehead atoms. The maximum absolute atomic E-state index is 12.7. The molecule has 1 saturated carbocycles. The SMILES string of the molecule is CC(C)NC1(c2cccc(Nc3ccc(C(=O)NC4=NCCN4)cc3C3CC3)c2)CNC1. The van der Waals surface area contributed by atoms with Crippen LogP contribution in [-0.4, -0.2) is 44.1 Å². The molecule has 2 aliphatic heterocycles. The topological polar surface area (TPSA) is 89.6 Å². The third kappa shape index (κ3) is 4.36. The third-order valence-electron chi connectivity index (χ3n) is 6.35. The lowest BCUT2D eigenvalue weighted by atomic mass is 9.83. The highest BCUT2D eigenvalue weighted by Gasteiger charge is 2.39. The number of guanidine groups is 1. The van der Waals surface area contributed by atoms with E-state index < -0.39 is 0 Å². The molecule has 7 heteroatoms. The third-order valence-corrected chi connectivity index (χ3v) is 6.35. The van der Waals surface area contributed by atoms with Crippen LogP contribution < -0.4 is 26.6 Å². The van der Waals surface area contributed by atoms with Crippen LogP contribution in [0.3, 0.4) is 0 Å². The van der Waals surface area contributed by atoms with E-state index in [0.29, 0.717) is 30.0 Å². The zero-order chi connectivity index (χ0) is 22.1. The summed E-state index contributed by atoms with van der Waals surface area (Å²) in [6.45, 7) is 7.73. The Labute approximate surface area is 189 Å². The summed E-state index contributed by atoms with van der Waals surface area (Å²) in [6.07, 6.45) is 2.34. The maximum Gasteiger partial charge on any atom is 0.257 e. The first-order valence-electron chi connectivity index (χ1n) is 11.6. The molecule has 0 atom stereocenters. The van der Waals surface area contributed by atoms with Crippen LogP contribution in [0.2, 0.25) is 0 Å². The Morgan fingerprint density at radius 2 is 2.00 bits per heavy atom. The first-order chi connectivity index (χ1) is 15.5. The largest absolute Gasteiger partial charge is 0.355 e. The van der Waals surface area contributed by atoms with Gasteiger partial charge in [0, 0.05) is 42.6 Å². The minimum Gasteiger partial charge on any atom is -0.355 e. The highest BCUT2D eigenvalue weighted by atomic mass is 16.1. The Kier molecular flexibility index (Phi) is 5.61. The van der Waals surface area contributed by atoms with E-state index in [2.05, 4.69) is 69.7 Å². The van der Waals surface area contributed by atoms with Crippen LogP contribution in [0.5, 0.6) is 0 Å². The van der Waals surface area contributed by atoms with Gasteiger partial charge in [0.25, 0.3) is 5.91 Å². The molecule has 0 unspecified atom stereocenters. The molecular weight excluding hydrogens is 400 g/mol. The first-order valence-corrected chi connectivity index (χ1v) is 11.6. The second-order valence-electron chi connectivity index (χ2n) is 9.38. The molecule has 7 nitrogen and oxygen atoms in total. The van der Waals surface area contributed by atoms with E-state index in [0.717, 1.165) is 31.0 Å². The zero-order valence-corrected chi connectivity index (χ0v) is 18.8. The normalized spacial score (nSPS) is 19.2. The summed E-state index contributed by atoms with van der Waals surface area (Å²) >= 11 is 0. The monoisotopic (exact) mass is 432 g/mol. The summed E-state index contributed by atoms with van der Waals surface area (Å²) < 4.78 is 0. The Hall–Kier alpha value is -2.90. The van der Waals surface area contributed by atoms with Gasteiger partial charge in [0.1, 0.15) is 0 Å². The number of nitrogens with zero attached hydrogens (tertiary/aromatic N) is 1. The van der Waals surface area contributed by atoms with Crippen molar-refractivity contribution in [3.63, 3.8) is 0 Å². The van der Waals surface area contributed by atoms with Gasteiger partial charge in [-0.05, 0) is 74.1 Å². The molecule has 1 aliphatic carbocycles. The Balaban J connectivity index is 1.37. The average molecular weight is 433 g/mol. The molecule has 5 rings (SSSR count). The van der Waals surface area contributed by atoms with Gasteiger partial charge in [-0.2, -0.15) is 0 Å². The standard InChI is InChI=1S/C25H32N6O/c1-16(2)31-25(14-26-15-25)19-4-3-5-20(13-19)29-22-9-8-18(12-21(22)17-6-7-17)23(32)30-24-27-10-11-28-24/h3-5,8-9,12-13,16-17,26,29,31H,6-7,10-11,14-15H2,1-2H3,(H2,27,28,30,32).